The number of pyridine rings is 1. The zero-order valence-corrected chi connectivity index (χ0v) is 8.14. The van der Waals surface area contributed by atoms with E-state index in [4.69, 9.17) is 0 Å². The molecule has 1 aliphatic carbocycles. The standard InChI is InChI=1S/C14H9N/c1-2-5-11-9-13-7-4-8-15-14(13)10-12(11)6-3-1/h1,3-10H. The molecule has 15 heavy (non-hydrogen) atoms. The third-order valence-electron chi connectivity index (χ3n) is 2.51. The van der Waals surface area contributed by atoms with E-state index in [1.54, 1.807) is 0 Å². The van der Waals surface area contributed by atoms with Gasteiger partial charge in [0.05, 0.1) is 5.52 Å². The van der Waals surface area contributed by atoms with Crippen molar-refractivity contribution in [3.05, 3.63) is 59.5 Å². The summed E-state index contributed by atoms with van der Waals surface area (Å²) in [7, 11) is 0. The number of nitrogens with zero attached hydrogens (tertiary/aromatic N) is 1. The summed E-state index contributed by atoms with van der Waals surface area (Å²) < 4.78 is 0. The fourth-order valence-electron chi connectivity index (χ4n) is 1.77. The Morgan fingerprint density at radius 1 is 1.13 bits per heavy atom. The third-order valence-corrected chi connectivity index (χ3v) is 2.51. The lowest BCUT2D eigenvalue weighted by Crippen LogP contribution is -1.84. The van der Waals surface area contributed by atoms with Gasteiger partial charge in [-0.15, -0.1) is 5.73 Å². The number of hydrogen-bond acceptors (Lipinski definition) is 1. The van der Waals surface area contributed by atoms with Crippen LogP contribution in [0.15, 0.2) is 48.3 Å². The van der Waals surface area contributed by atoms with Gasteiger partial charge in [0.15, 0.2) is 0 Å². The van der Waals surface area contributed by atoms with Gasteiger partial charge in [-0.3, -0.25) is 4.98 Å². The van der Waals surface area contributed by atoms with Gasteiger partial charge in [-0.25, -0.2) is 0 Å². The second-order valence-corrected chi connectivity index (χ2v) is 3.51. The molecule has 0 bridgehead atoms. The Hall–Kier alpha value is -2.11. The summed E-state index contributed by atoms with van der Waals surface area (Å²) in [5.41, 5.74) is 6.54. The average molecular weight is 191 g/mol. The van der Waals surface area contributed by atoms with Crippen molar-refractivity contribution in [2.75, 3.05) is 0 Å². The minimum atomic E-state index is 1.04. The molecule has 1 aliphatic rings. The monoisotopic (exact) mass is 191 g/mol. The Morgan fingerprint density at radius 2 is 2.13 bits per heavy atom. The van der Waals surface area contributed by atoms with Crippen LogP contribution in [0.3, 0.4) is 0 Å². The summed E-state index contributed by atoms with van der Waals surface area (Å²) in [6, 6.07) is 8.29. The van der Waals surface area contributed by atoms with Gasteiger partial charge in [0.2, 0.25) is 0 Å². The maximum atomic E-state index is 4.34. The van der Waals surface area contributed by atoms with Crippen LogP contribution in [0.1, 0.15) is 11.1 Å². The van der Waals surface area contributed by atoms with Crippen LogP contribution >= 0.6 is 0 Å². The molecule has 0 unspecified atom stereocenters. The Labute approximate surface area is 88.1 Å². The molecule has 1 aromatic heterocycles. The fraction of sp³-hybridized carbons (Fsp3) is 0. The second-order valence-electron chi connectivity index (χ2n) is 3.51. The normalized spacial score (nSPS) is 12.8. The lowest BCUT2D eigenvalue weighted by Gasteiger charge is -2.02. The van der Waals surface area contributed by atoms with Gasteiger partial charge in [0, 0.05) is 11.6 Å². The lowest BCUT2D eigenvalue weighted by molar-refractivity contribution is 1.41. The smallest absolute Gasteiger partial charge is 0.0708 e. The number of rotatable bonds is 0. The van der Waals surface area contributed by atoms with E-state index < -0.39 is 0 Å². The predicted molar refractivity (Wildman–Crippen MR) is 63.3 cm³/mol. The van der Waals surface area contributed by atoms with Crippen molar-refractivity contribution in [3.8, 4) is 0 Å². The molecule has 1 nitrogen and oxygen atoms in total. The quantitative estimate of drug-likeness (QED) is 0.581. The molecule has 0 atom stereocenters. The molecule has 70 valence electrons. The van der Waals surface area contributed by atoms with Crippen LogP contribution in [-0.4, -0.2) is 4.98 Å². The number of benzene rings is 1. The molecule has 0 fully saturated rings. The van der Waals surface area contributed by atoms with E-state index in [1.807, 2.05) is 30.5 Å². The Morgan fingerprint density at radius 3 is 3.13 bits per heavy atom. The van der Waals surface area contributed by atoms with Crippen LogP contribution in [-0.2, 0) is 0 Å². The van der Waals surface area contributed by atoms with E-state index in [2.05, 4.69) is 35.0 Å². The van der Waals surface area contributed by atoms with Gasteiger partial charge in [-0.2, -0.15) is 0 Å². The topological polar surface area (TPSA) is 12.9 Å². The molecule has 1 heteroatoms. The number of hydrogen-bond donors (Lipinski definition) is 0. The largest absolute Gasteiger partial charge is 0.256 e. The van der Waals surface area contributed by atoms with Gasteiger partial charge in [0.1, 0.15) is 0 Å². The summed E-state index contributed by atoms with van der Waals surface area (Å²) in [6.07, 6.45) is 9.82. The number of allylic oxidation sites excluding steroid dienone is 2. The van der Waals surface area contributed by atoms with E-state index in [-0.39, 0.29) is 0 Å². The molecule has 2 aromatic rings. The van der Waals surface area contributed by atoms with Gasteiger partial charge in [0.25, 0.3) is 0 Å². The third kappa shape index (κ3) is 1.39. The molecule has 0 aliphatic heterocycles. The first kappa shape index (κ1) is 8.22. The maximum absolute atomic E-state index is 4.34. The van der Waals surface area contributed by atoms with Crippen molar-refractivity contribution < 1.29 is 0 Å². The van der Waals surface area contributed by atoms with Crippen molar-refractivity contribution in [3.63, 3.8) is 0 Å². The van der Waals surface area contributed by atoms with E-state index in [9.17, 15) is 0 Å². The SMILES string of the molecule is C1=CC=Cc2cc3ncccc3cc2C=1. The van der Waals surface area contributed by atoms with Crippen LogP contribution in [0.5, 0.6) is 0 Å². The molecule has 0 spiro atoms. The summed E-state index contributed by atoms with van der Waals surface area (Å²) in [5.74, 6) is 0. The molecular weight excluding hydrogens is 182 g/mol. The predicted octanol–water partition coefficient (Wildman–Crippen LogP) is 3.43. The van der Waals surface area contributed by atoms with Gasteiger partial charge in [-0.05, 0) is 41.5 Å². The Kier molecular flexibility index (Phi) is 1.77. The minimum absolute atomic E-state index is 1.04. The van der Waals surface area contributed by atoms with Crippen LogP contribution < -0.4 is 0 Å². The fourth-order valence-corrected chi connectivity index (χ4v) is 1.77. The highest BCUT2D eigenvalue weighted by Gasteiger charge is 2.01. The highest BCUT2D eigenvalue weighted by molar-refractivity contribution is 5.86. The first-order valence-electron chi connectivity index (χ1n) is 4.91. The second kappa shape index (κ2) is 3.23. The molecule has 1 aromatic carbocycles. The molecule has 3 rings (SSSR count). The van der Waals surface area contributed by atoms with Crippen LogP contribution in [0, 0.1) is 0 Å². The molecule has 0 radical (unpaired) electrons. The van der Waals surface area contributed by atoms with E-state index >= 15 is 0 Å². The van der Waals surface area contributed by atoms with Crippen molar-refractivity contribution in [1.29, 1.82) is 0 Å². The summed E-state index contributed by atoms with van der Waals surface area (Å²) >= 11 is 0. The molecule has 0 saturated carbocycles. The van der Waals surface area contributed by atoms with Crippen LogP contribution in [0.2, 0.25) is 0 Å². The van der Waals surface area contributed by atoms with E-state index in [0.29, 0.717) is 0 Å². The van der Waals surface area contributed by atoms with E-state index in [0.717, 1.165) is 5.52 Å². The Bertz CT molecular complexity index is 614. The van der Waals surface area contributed by atoms with Crippen molar-refractivity contribution >= 4 is 23.1 Å². The van der Waals surface area contributed by atoms with Crippen molar-refractivity contribution in [2.24, 2.45) is 0 Å². The highest BCUT2D eigenvalue weighted by atomic mass is 14.6. The van der Waals surface area contributed by atoms with Crippen LogP contribution in [0.4, 0.5) is 0 Å². The molecular formula is C14H9N. The first-order chi connectivity index (χ1) is 7.43. The molecule has 1 heterocycles. The summed E-state index contributed by atoms with van der Waals surface area (Å²) in [4.78, 5) is 4.34. The highest BCUT2D eigenvalue weighted by Crippen LogP contribution is 2.21. The van der Waals surface area contributed by atoms with Gasteiger partial charge in [-0.1, -0.05) is 18.2 Å². The maximum Gasteiger partial charge on any atom is 0.0708 e. The van der Waals surface area contributed by atoms with E-state index in [1.165, 1.54) is 16.5 Å². The first-order valence-corrected chi connectivity index (χ1v) is 4.91. The zero-order valence-electron chi connectivity index (χ0n) is 8.14. The van der Waals surface area contributed by atoms with Crippen molar-refractivity contribution in [2.45, 2.75) is 0 Å². The molecule has 0 saturated heterocycles. The number of fused-ring (bicyclic) bond motifs is 2. The summed E-state index contributed by atoms with van der Waals surface area (Å²) in [5, 5.41) is 1.17. The zero-order chi connectivity index (χ0) is 10.1. The minimum Gasteiger partial charge on any atom is -0.256 e. The number of aromatic nitrogens is 1. The van der Waals surface area contributed by atoms with Crippen molar-refractivity contribution in [1.82, 2.24) is 4.98 Å². The Balaban J connectivity index is 2.39. The van der Waals surface area contributed by atoms with Gasteiger partial charge < -0.3 is 0 Å². The average Bonchev–Trinajstić information content (AvgIpc) is 2.50. The lowest BCUT2D eigenvalue weighted by atomic mass is 10.0. The molecule has 0 N–H and O–H groups in total. The summed E-state index contributed by atoms with van der Waals surface area (Å²) in [6.45, 7) is 0. The molecule has 0 amide bonds. The van der Waals surface area contributed by atoms with Gasteiger partial charge >= 0.3 is 0 Å². The van der Waals surface area contributed by atoms with Crippen LogP contribution in [0.25, 0.3) is 23.1 Å².